The van der Waals surface area contributed by atoms with E-state index in [1.165, 1.54) is 26.1 Å². The lowest BCUT2D eigenvalue weighted by Gasteiger charge is -2.03. The van der Waals surface area contributed by atoms with Gasteiger partial charge in [-0.05, 0) is 34.9 Å². The maximum Gasteiger partial charge on any atom is 0.0352 e. The highest BCUT2D eigenvalue weighted by Gasteiger charge is 2.35. The SMILES string of the molecule is NC1CC1c1ccc(-c2cccc3ccccc23)s1. The van der Waals surface area contributed by atoms with Gasteiger partial charge in [0, 0.05) is 21.7 Å². The van der Waals surface area contributed by atoms with Crippen LogP contribution in [0, 0.1) is 0 Å². The molecule has 2 N–H and O–H groups in total. The van der Waals surface area contributed by atoms with Crippen molar-refractivity contribution in [1.29, 1.82) is 0 Å². The Kier molecular flexibility index (Phi) is 2.47. The van der Waals surface area contributed by atoms with Gasteiger partial charge in [0.15, 0.2) is 0 Å². The molecule has 1 aromatic heterocycles. The topological polar surface area (TPSA) is 26.0 Å². The normalized spacial score (nSPS) is 21.7. The number of benzene rings is 2. The quantitative estimate of drug-likeness (QED) is 0.731. The van der Waals surface area contributed by atoms with Gasteiger partial charge in [0.05, 0.1) is 0 Å². The van der Waals surface area contributed by atoms with Crippen LogP contribution >= 0.6 is 11.3 Å². The van der Waals surface area contributed by atoms with Crippen LogP contribution in [0.25, 0.3) is 21.2 Å². The summed E-state index contributed by atoms with van der Waals surface area (Å²) < 4.78 is 0. The minimum absolute atomic E-state index is 0.388. The Morgan fingerprint density at radius 3 is 2.58 bits per heavy atom. The third-order valence-electron chi connectivity index (χ3n) is 3.89. The molecule has 0 spiro atoms. The van der Waals surface area contributed by atoms with Crippen molar-refractivity contribution < 1.29 is 0 Å². The van der Waals surface area contributed by atoms with Crippen LogP contribution in [0.5, 0.6) is 0 Å². The maximum absolute atomic E-state index is 5.94. The fourth-order valence-electron chi connectivity index (χ4n) is 2.68. The van der Waals surface area contributed by atoms with Crippen molar-refractivity contribution in [2.75, 3.05) is 0 Å². The predicted molar refractivity (Wildman–Crippen MR) is 82.6 cm³/mol. The molecular formula is C17H15NS. The van der Waals surface area contributed by atoms with Crippen molar-refractivity contribution in [3.8, 4) is 10.4 Å². The Hall–Kier alpha value is -1.64. The lowest BCUT2D eigenvalue weighted by atomic mass is 10.0. The molecule has 19 heavy (non-hydrogen) atoms. The van der Waals surface area contributed by atoms with Crippen LogP contribution < -0.4 is 5.73 Å². The van der Waals surface area contributed by atoms with Crippen LogP contribution in [0.4, 0.5) is 0 Å². The summed E-state index contributed by atoms with van der Waals surface area (Å²) in [4.78, 5) is 2.79. The molecule has 1 nitrogen and oxygen atoms in total. The van der Waals surface area contributed by atoms with Gasteiger partial charge in [0.25, 0.3) is 0 Å². The van der Waals surface area contributed by atoms with Gasteiger partial charge in [0.2, 0.25) is 0 Å². The van der Waals surface area contributed by atoms with E-state index in [9.17, 15) is 0 Å². The summed E-state index contributed by atoms with van der Waals surface area (Å²) in [6.07, 6.45) is 1.15. The maximum atomic E-state index is 5.94. The highest BCUT2D eigenvalue weighted by atomic mass is 32.1. The zero-order chi connectivity index (χ0) is 12.8. The predicted octanol–water partition coefficient (Wildman–Crippen LogP) is 4.38. The van der Waals surface area contributed by atoms with Crippen LogP contribution in [0.1, 0.15) is 17.2 Å². The number of fused-ring (bicyclic) bond motifs is 1. The Bertz CT molecular complexity index is 738. The van der Waals surface area contributed by atoms with Gasteiger partial charge in [-0.2, -0.15) is 0 Å². The van der Waals surface area contributed by atoms with Gasteiger partial charge in [-0.3, -0.25) is 0 Å². The van der Waals surface area contributed by atoms with Crippen LogP contribution in [0.2, 0.25) is 0 Å². The van der Waals surface area contributed by atoms with E-state index in [1.54, 1.807) is 0 Å². The van der Waals surface area contributed by atoms with Crippen molar-refractivity contribution >= 4 is 22.1 Å². The number of rotatable bonds is 2. The first-order chi connectivity index (χ1) is 9.33. The molecule has 0 aliphatic heterocycles. The number of hydrogen-bond donors (Lipinski definition) is 1. The summed E-state index contributed by atoms with van der Waals surface area (Å²) in [6, 6.07) is 20.0. The summed E-state index contributed by atoms with van der Waals surface area (Å²) >= 11 is 1.90. The number of hydrogen-bond acceptors (Lipinski definition) is 2. The van der Waals surface area contributed by atoms with Crippen molar-refractivity contribution in [1.82, 2.24) is 0 Å². The molecular weight excluding hydrogens is 250 g/mol. The molecule has 0 amide bonds. The van der Waals surface area contributed by atoms with Gasteiger partial charge in [-0.1, -0.05) is 42.5 Å². The molecule has 0 saturated heterocycles. The molecule has 2 atom stereocenters. The Balaban J connectivity index is 1.83. The minimum atomic E-state index is 0.388. The van der Waals surface area contributed by atoms with E-state index in [2.05, 4.69) is 54.6 Å². The Morgan fingerprint density at radius 2 is 1.74 bits per heavy atom. The van der Waals surface area contributed by atoms with Gasteiger partial charge >= 0.3 is 0 Å². The second-order valence-electron chi connectivity index (χ2n) is 5.23. The number of thiophene rings is 1. The van der Waals surface area contributed by atoms with E-state index >= 15 is 0 Å². The highest BCUT2D eigenvalue weighted by molar-refractivity contribution is 7.15. The van der Waals surface area contributed by atoms with E-state index < -0.39 is 0 Å². The van der Waals surface area contributed by atoms with E-state index in [-0.39, 0.29) is 0 Å². The molecule has 2 heteroatoms. The average molecular weight is 265 g/mol. The van der Waals surface area contributed by atoms with Crippen LogP contribution in [0.3, 0.4) is 0 Å². The molecule has 0 radical (unpaired) electrons. The monoisotopic (exact) mass is 265 g/mol. The standard InChI is InChI=1S/C17H15NS/c18-15-10-14(15)17-9-8-16(19-17)13-7-3-5-11-4-1-2-6-12(11)13/h1-9,14-15H,10,18H2. The zero-order valence-electron chi connectivity index (χ0n) is 10.5. The van der Waals surface area contributed by atoms with Gasteiger partial charge in [-0.25, -0.2) is 0 Å². The van der Waals surface area contributed by atoms with E-state index in [4.69, 9.17) is 5.73 Å². The summed E-state index contributed by atoms with van der Waals surface area (Å²) in [6.45, 7) is 0. The van der Waals surface area contributed by atoms with E-state index in [0.29, 0.717) is 12.0 Å². The van der Waals surface area contributed by atoms with Crippen molar-refractivity contribution in [3.05, 3.63) is 59.5 Å². The fraction of sp³-hybridized carbons (Fsp3) is 0.176. The second kappa shape index (κ2) is 4.19. The molecule has 0 bridgehead atoms. The summed E-state index contributed by atoms with van der Waals surface area (Å²) in [5.41, 5.74) is 7.28. The zero-order valence-corrected chi connectivity index (χ0v) is 11.4. The van der Waals surface area contributed by atoms with Gasteiger partial charge in [-0.15, -0.1) is 11.3 Å². The smallest absolute Gasteiger partial charge is 0.0352 e. The van der Waals surface area contributed by atoms with Crippen LogP contribution in [-0.2, 0) is 0 Å². The third-order valence-corrected chi connectivity index (χ3v) is 5.14. The largest absolute Gasteiger partial charge is 0.327 e. The first kappa shape index (κ1) is 11.2. The molecule has 2 aromatic carbocycles. The van der Waals surface area contributed by atoms with Crippen molar-refractivity contribution in [2.24, 2.45) is 5.73 Å². The molecule has 4 rings (SSSR count). The van der Waals surface area contributed by atoms with E-state index in [1.807, 2.05) is 11.3 Å². The molecule has 1 fully saturated rings. The molecule has 94 valence electrons. The van der Waals surface area contributed by atoms with Crippen molar-refractivity contribution in [3.63, 3.8) is 0 Å². The number of nitrogens with two attached hydrogens (primary N) is 1. The van der Waals surface area contributed by atoms with Crippen LogP contribution in [-0.4, -0.2) is 6.04 Å². The van der Waals surface area contributed by atoms with Gasteiger partial charge < -0.3 is 5.73 Å². The Morgan fingerprint density at radius 1 is 0.947 bits per heavy atom. The lowest BCUT2D eigenvalue weighted by molar-refractivity contribution is 1.01. The molecule has 1 saturated carbocycles. The molecule has 1 aliphatic rings. The highest BCUT2D eigenvalue weighted by Crippen LogP contribution is 2.44. The van der Waals surface area contributed by atoms with Gasteiger partial charge in [0.1, 0.15) is 0 Å². The average Bonchev–Trinajstić information content (AvgIpc) is 3.00. The summed E-state index contributed by atoms with van der Waals surface area (Å²) in [7, 11) is 0. The van der Waals surface area contributed by atoms with Crippen molar-refractivity contribution in [2.45, 2.75) is 18.4 Å². The molecule has 1 heterocycles. The lowest BCUT2D eigenvalue weighted by Crippen LogP contribution is -1.99. The summed E-state index contributed by atoms with van der Waals surface area (Å²) in [5.74, 6) is 0.605. The minimum Gasteiger partial charge on any atom is -0.327 e. The summed E-state index contributed by atoms with van der Waals surface area (Å²) in [5, 5.41) is 2.64. The molecule has 2 unspecified atom stereocenters. The van der Waals surface area contributed by atoms with Crippen LogP contribution in [0.15, 0.2) is 54.6 Å². The van der Waals surface area contributed by atoms with E-state index in [0.717, 1.165) is 6.42 Å². The fourth-order valence-corrected chi connectivity index (χ4v) is 3.92. The first-order valence-electron chi connectivity index (χ1n) is 6.66. The first-order valence-corrected chi connectivity index (χ1v) is 7.48. The molecule has 3 aromatic rings. The molecule has 1 aliphatic carbocycles. The Labute approximate surface area is 116 Å². The second-order valence-corrected chi connectivity index (χ2v) is 6.35. The third kappa shape index (κ3) is 1.88.